The second-order valence-electron chi connectivity index (χ2n) is 4.95. The lowest BCUT2D eigenvalue weighted by Gasteiger charge is -2.08. The van der Waals surface area contributed by atoms with E-state index in [0.717, 1.165) is 22.4 Å². The molecule has 0 atom stereocenters. The summed E-state index contributed by atoms with van der Waals surface area (Å²) in [5.74, 6) is -1.20. The Morgan fingerprint density at radius 3 is 2.52 bits per heavy atom. The smallest absolute Gasteiger partial charge is 0.340 e. The van der Waals surface area contributed by atoms with Gasteiger partial charge in [0.2, 0.25) is 0 Å². The van der Waals surface area contributed by atoms with Crippen molar-refractivity contribution in [3.63, 3.8) is 0 Å². The molecule has 0 amide bonds. The van der Waals surface area contributed by atoms with E-state index in [1.165, 1.54) is 14.2 Å². The van der Waals surface area contributed by atoms with Crippen LogP contribution in [0.4, 0.5) is 0 Å². The maximum atomic E-state index is 12.1. The van der Waals surface area contributed by atoms with Crippen LogP contribution in [0.2, 0.25) is 0 Å². The van der Waals surface area contributed by atoms with Crippen molar-refractivity contribution in [1.29, 1.82) is 0 Å². The molecule has 0 fully saturated rings. The number of hydrogen-bond acceptors (Lipinski definition) is 4. The normalized spacial score (nSPS) is 11.7. The summed E-state index contributed by atoms with van der Waals surface area (Å²) in [6.07, 6.45) is 3.00. The van der Waals surface area contributed by atoms with E-state index in [1.807, 2.05) is 47.0 Å². The summed E-state index contributed by atoms with van der Waals surface area (Å²) in [5.41, 5.74) is 1.66. The van der Waals surface area contributed by atoms with E-state index >= 15 is 0 Å². The number of hydrogen-bond donors (Lipinski definition) is 0. The molecule has 0 saturated heterocycles. The molecule has 0 aliphatic heterocycles. The van der Waals surface area contributed by atoms with Gasteiger partial charge in [-0.1, -0.05) is 24.3 Å². The minimum Gasteiger partial charge on any atom is -0.466 e. The zero-order chi connectivity index (χ0) is 16.4. The van der Waals surface area contributed by atoms with E-state index in [9.17, 15) is 9.59 Å². The van der Waals surface area contributed by atoms with Crippen LogP contribution in [-0.4, -0.2) is 30.6 Å². The number of rotatable bonds is 3. The van der Waals surface area contributed by atoms with Gasteiger partial charge in [0.25, 0.3) is 0 Å². The van der Waals surface area contributed by atoms with E-state index in [2.05, 4.69) is 4.74 Å². The van der Waals surface area contributed by atoms with Crippen LogP contribution >= 0.6 is 0 Å². The number of nitrogens with zero attached hydrogens (tertiary/aromatic N) is 1. The minimum absolute atomic E-state index is 0.148. The van der Waals surface area contributed by atoms with E-state index < -0.39 is 11.9 Å². The molecular weight excluding hydrogens is 294 g/mol. The van der Waals surface area contributed by atoms with Gasteiger partial charge in [-0.2, -0.15) is 0 Å². The Balaban J connectivity index is 2.25. The van der Waals surface area contributed by atoms with E-state index in [-0.39, 0.29) is 5.57 Å². The lowest BCUT2D eigenvalue weighted by Crippen LogP contribution is -2.09. The van der Waals surface area contributed by atoms with Crippen LogP contribution < -0.4 is 0 Å². The molecule has 23 heavy (non-hydrogen) atoms. The zero-order valence-corrected chi connectivity index (χ0v) is 12.8. The molecule has 0 bridgehead atoms. The van der Waals surface area contributed by atoms with E-state index in [0.29, 0.717) is 5.69 Å². The molecule has 0 aliphatic carbocycles. The quantitative estimate of drug-likeness (QED) is 0.551. The van der Waals surface area contributed by atoms with Crippen molar-refractivity contribution in [3.8, 4) is 0 Å². The number of carbonyl (C=O) groups excluding carboxylic acids is 2. The van der Waals surface area contributed by atoms with Gasteiger partial charge in [0.05, 0.1) is 31.0 Å². The van der Waals surface area contributed by atoms with Gasteiger partial charge < -0.3 is 13.9 Å². The van der Waals surface area contributed by atoms with Crippen molar-refractivity contribution < 1.29 is 19.1 Å². The van der Waals surface area contributed by atoms with Crippen molar-refractivity contribution >= 4 is 33.8 Å². The van der Waals surface area contributed by atoms with Crippen LogP contribution in [0.3, 0.4) is 0 Å². The van der Waals surface area contributed by atoms with Gasteiger partial charge in [-0.3, -0.25) is 0 Å². The summed E-state index contributed by atoms with van der Waals surface area (Å²) < 4.78 is 11.3. The maximum Gasteiger partial charge on any atom is 0.340 e. The first-order chi connectivity index (χ1) is 11.2. The van der Waals surface area contributed by atoms with Crippen LogP contribution in [0, 0.1) is 0 Å². The molecular formula is C18H15NO4. The van der Waals surface area contributed by atoms with E-state index in [1.54, 1.807) is 6.07 Å². The molecule has 5 heteroatoms. The summed E-state index contributed by atoms with van der Waals surface area (Å²) in [6.45, 7) is 0. The Bertz CT molecular complexity index is 937. The molecule has 3 aromatic rings. The lowest BCUT2D eigenvalue weighted by molar-refractivity contribution is -0.136. The first kappa shape index (κ1) is 14.8. The molecule has 0 unspecified atom stereocenters. The van der Waals surface area contributed by atoms with Crippen LogP contribution in [0.5, 0.6) is 0 Å². The van der Waals surface area contributed by atoms with Crippen molar-refractivity contribution in [1.82, 2.24) is 4.40 Å². The number of ether oxygens (including phenoxy) is 2. The number of benzene rings is 1. The van der Waals surface area contributed by atoms with Gasteiger partial charge in [-0.25, -0.2) is 9.59 Å². The number of methoxy groups -OCH3 is 2. The monoisotopic (exact) mass is 309 g/mol. The van der Waals surface area contributed by atoms with Gasteiger partial charge in [-0.05, 0) is 23.6 Å². The molecule has 1 aromatic carbocycles. The van der Waals surface area contributed by atoms with Gasteiger partial charge in [0.1, 0.15) is 0 Å². The molecule has 0 saturated carbocycles. The summed E-state index contributed by atoms with van der Waals surface area (Å²) >= 11 is 0. The Kier molecular flexibility index (Phi) is 3.85. The summed E-state index contributed by atoms with van der Waals surface area (Å²) in [4.78, 5) is 23.6. The SMILES string of the molecule is COC(=O)/C=C(\C(=O)OC)c1ccc2c3ccccc3ccn12. The Labute approximate surface area is 132 Å². The van der Waals surface area contributed by atoms with Gasteiger partial charge >= 0.3 is 11.9 Å². The maximum absolute atomic E-state index is 12.1. The fraction of sp³-hybridized carbons (Fsp3) is 0.111. The molecule has 3 rings (SSSR count). The first-order valence-electron chi connectivity index (χ1n) is 7.03. The molecule has 2 aromatic heterocycles. The van der Waals surface area contributed by atoms with E-state index in [4.69, 9.17) is 4.74 Å². The number of fused-ring (bicyclic) bond motifs is 3. The third-order valence-corrected chi connectivity index (χ3v) is 3.70. The van der Waals surface area contributed by atoms with Gasteiger partial charge in [0, 0.05) is 17.7 Å². The Morgan fingerprint density at radius 2 is 1.78 bits per heavy atom. The van der Waals surface area contributed by atoms with Crippen molar-refractivity contribution in [2.24, 2.45) is 0 Å². The third-order valence-electron chi connectivity index (χ3n) is 3.70. The summed E-state index contributed by atoms with van der Waals surface area (Å²) in [7, 11) is 2.54. The molecule has 0 radical (unpaired) electrons. The molecule has 5 nitrogen and oxygen atoms in total. The number of esters is 2. The Hall–Kier alpha value is -3.08. The summed E-state index contributed by atoms with van der Waals surface area (Å²) in [5, 5.41) is 2.16. The first-order valence-corrected chi connectivity index (χ1v) is 7.03. The number of carbonyl (C=O) groups is 2. The van der Waals surface area contributed by atoms with Gasteiger partial charge in [0.15, 0.2) is 0 Å². The molecule has 2 heterocycles. The molecule has 0 aliphatic rings. The highest BCUT2D eigenvalue weighted by Crippen LogP contribution is 2.26. The molecule has 116 valence electrons. The minimum atomic E-state index is -0.610. The number of aromatic nitrogens is 1. The predicted molar refractivity (Wildman–Crippen MR) is 86.9 cm³/mol. The fourth-order valence-electron chi connectivity index (χ4n) is 2.60. The second-order valence-corrected chi connectivity index (χ2v) is 4.95. The average molecular weight is 309 g/mol. The van der Waals surface area contributed by atoms with Crippen molar-refractivity contribution in [2.75, 3.05) is 14.2 Å². The molecule has 0 spiro atoms. The second kappa shape index (κ2) is 5.96. The number of pyridine rings is 1. The van der Waals surface area contributed by atoms with Gasteiger partial charge in [-0.15, -0.1) is 0 Å². The topological polar surface area (TPSA) is 57.0 Å². The highest BCUT2D eigenvalue weighted by molar-refractivity contribution is 6.20. The van der Waals surface area contributed by atoms with Crippen LogP contribution in [0.25, 0.3) is 21.9 Å². The fourth-order valence-corrected chi connectivity index (χ4v) is 2.60. The third kappa shape index (κ3) is 2.57. The standard InChI is InChI=1S/C18H15NO4/c1-22-17(20)11-14(18(21)23-2)16-8-7-15-13-6-4-3-5-12(13)9-10-19(15)16/h3-11H,1-2H3/b14-11-. The lowest BCUT2D eigenvalue weighted by atomic mass is 10.1. The largest absolute Gasteiger partial charge is 0.466 e. The highest BCUT2D eigenvalue weighted by Gasteiger charge is 2.18. The molecule has 0 N–H and O–H groups in total. The van der Waals surface area contributed by atoms with Crippen molar-refractivity contribution in [3.05, 3.63) is 60.4 Å². The van der Waals surface area contributed by atoms with Crippen molar-refractivity contribution in [2.45, 2.75) is 0 Å². The summed E-state index contributed by atoms with van der Waals surface area (Å²) in [6, 6.07) is 13.6. The van der Waals surface area contributed by atoms with Crippen LogP contribution in [0.15, 0.2) is 54.7 Å². The highest BCUT2D eigenvalue weighted by atomic mass is 16.5. The Morgan fingerprint density at radius 1 is 1.00 bits per heavy atom. The zero-order valence-electron chi connectivity index (χ0n) is 12.8. The average Bonchev–Trinajstić information content (AvgIpc) is 3.03. The predicted octanol–water partition coefficient (Wildman–Crippen LogP) is 2.82. The van der Waals surface area contributed by atoms with Crippen LogP contribution in [-0.2, 0) is 19.1 Å². The van der Waals surface area contributed by atoms with Crippen LogP contribution in [0.1, 0.15) is 5.69 Å².